The summed E-state index contributed by atoms with van der Waals surface area (Å²) in [6, 6.07) is 20.0. The first-order valence-electron chi connectivity index (χ1n) is 13.1. The van der Waals surface area contributed by atoms with Gasteiger partial charge in [-0.2, -0.15) is 0 Å². The summed E-state index contributed by atoms with van der Waals surface area (Å²) in [5.74, 6) is 1.23. The number of unbranched alkanes of at least 4 members (excludes halogenated alkanes) is 5. The predicted octanol–water partition coefficient (Wildman–Crippen LogP) is 7.65. The van der Waals surface area contributed by atoms with E-state index in [0.29, 0.717) is 41.6 Å². The van der Waals surface area contributed by atoms with E-state index < -0.39 is 11.9 Å². The first-order chi connectivity index (χ1) is 18.1. The normalized spacial score (nSPS) is 10.5. The molecule has 6 nitrogen and oxygen atoms in total. The molecule has 0 spiro atoms. The van der Waals surface area contributed by atoms with Crippen molar-refractivity contribution >= 4 is 11.9 Å². The summed E-state index contributed by atoms with van der Waals surface area (Å²) in [7, 11) is 0. The van der Waals surface area contributed by atoms with Gasteiger partial charge in [-0.3, -0.25) is 0 Å². The molecule has 0 amide bonds. The number of hydrogen-bond donors (Lipinski definition) is 0. The highest BCUT2D eigenvalue weighted by Gasteiger charge is 2.12. The largest absolute Gasteiger partial charge is 0.494 e. The van der Waals surface area contributed by atoms with E-state index in [-0.39, 0.29) is 0 Å². The highest BCUT2D eigenvalue weighted by atomic mass is 16.5. The number of esters is 2. The van der Waals surface area contributed by atoms with Crippen molar-refractivity contribution in [2.24, 2.45) is 0 Å². The molecule has 0 saturated carbocycles. The molecule has 3 aromatic rings. The van der Waals surface area contributed by atoms with E-state index in [2.05, 4.69) is 6.92 Å². The number of rotatable bonds is 15. The Morgan fingerprint density at radius 2 is 0.892 bits per heavy atom. The monoisotopic (exact) mass is 504 g/mol. The minimum Gasteiger partial charge on any atom is -0.494 e. The van der Waals surface area contributed by atoms with Crippen molar-refractivity contribution < 1.29 is 28.5 Å². The molecule has 0 fully saturated rings. The smallest absolute Gasteiger partial charge is 0.343 e. The maximum absolute atomic E-state index is 12.5. The molecule has 0 atom stereocenters. The Morgan fingerprint density at radius 3 is 1.41 bits per heavy atom. The lowest BCUT2D eigenvalue weighted by molar-refractivity contribution is 0.0730. The Labute approximate surface area is 219 Å². The number of hydrogen-bond acceptors (Lipinski definition) is 6. The second-order valence-corrected chi connectivity index (χ2v) is 8.76. The Hall–Kier alpha value is -3.80. The molecular weight excluding hydrogens is 468 g/mol. The maximum atomic E-state index is 12.5. The van der Waals surface area contributed by atoms with Gasteiger partial charge in [0.1, 0.15) is 23.0 Å². The molecule has 0 aliphatic heterocycles. The zero-order valence-electron chi connectivity index (χ0n) is 21.7. The van der Waals surface area contributed by atoms with E-state index in [9.17, 15) is 9.59 Å². The molecule has 6 heteroatoms. The summed E-state index contributed by atoms with van der Waals surface area (Å²) in [6.45, 7) is 5.55. The molecule has 3 aromatic carbocycles. The van der Waals surface area contributed by atoms with Crippen LogP contribution in [0.5, 0.6) is 23.0 Å². The lowest BCUT2D eigenvalue weighted by Crippen LogP contribution is -2.10. The molecule has 0 bridgehead atoms. The Balaban J connectivity index is 1.43. The Bertz CT molecular complexity index is 1090. The van der Waals surface area contributed by atoms with Gasteiger partial charge in [0.05, 0.1) is 24.3 Å². The molecule has 0 saturated heterocycles. The van der Waals surface area contributed by atoms with Gasteiger partial charge in [0.15, 0.2) is 0 Å². The van der Waals surface area contributed by atoms with Crippen molar-refractivity contribution in [3.8, 4) is 23.0 Å². The third-order valence-corrected chi connectivity index (χ3v) is 5.66. The lowest BCUT2D eigenvalue weighted by atomic mass is 10.1. The van der Waals surface area contributed by atoms with Gasteiger partial charge in [0.2, 0.25) is 0 Å². The summed E-state index contributed by atoms with van der Waals surface area (Å²) in [4.78, 5) is 24.9. The van der Waals surface area contributed by atoms with Crippen molar-refractivity contribution in [2.45, 2.75) is 58.8 Å². The number of carbonyl (C=O) groups excluding carboxylic acids is 2. The summed E-state index contributed by atoms with van der Waals surface area (Å²) in [5.41, 5.74) is 0.757. The van der Waals surface area contributed by atoms with Crippen molar-refractivity contribution in [2.75, 3.05) is 13.2 Å². The maximum Gasteiger partial charge on any atom is 0.343 e. The standard InChI is InChI=1S/C31H36O6/c1-3-5-6-7-8-9-23-35-27-18-20-29(21-19-27)37-31(33)25-12-16-28(17-13-25)36-30(32)24-10-14-26(15-11-24)34-22-4-2/h10-21H,3-9,22-23H2,1-2H3. The van der Waals surface area contributed by atoms with Crippen LogP contribution in [0.25, 0.3) is 0 Å². The van der Waals surface area contributed by atoms with Crippen LogP contribution in [0.3, 0.4) is 0 Å². The van der Waals surface area contributed by atoms with E-state index in [0.717, 1.165) is 18.6 Å². The van der Waals surface area contributed by atoms with Crippen LogP contribution in [0.4, 0.5) is 0 Å². The summed E-state index contributed by atoms with van der Waals surface area (Å²) < 4.78 is 22.1. The zero-order chi connectivity index (χ0) is 26.3. The third kappa shape index (κ3) is 9.64. The van der Waals surface area contributed by atoms with Crippen molar-refractivity contribution in [3.63, 3.8) is 0 Å². The minimum absolute atomic E-state index is 0.333. The molecule has 3 rings (SSSR count). The van der Waals surface area contributed by atoms with Gasteiger partial charge in [0, 0.05) is 0 Å². The second-order valence-electron chi connectivity index (χ2n) is 8.76. The van der Waals surface area contributed by atoms with Crippen LogP contribution >= 0.6 is 0 Å². The highest BCUT2D eigenvalue weighted by molar-refractivity contribution is 5.92. The quantitative estimate of drug-likeness (QED) is 0.120. The molecule has 37 heavy (non-hydrogen) atoms. The fourth-order valence-electron chi connectivity index (χ4n) is 3.57. The first-order valence-corrected chi connectivity index (χ1v) is 13.1. The van der Waals surface area contributed by atoms with Gasteiger partial charge in [-0.15, -0.1) is 0 Å². The molecule has 0 unspecified atom stereocenters. The van der Waals surface area contributed by atoms with Gasteiger partial charge >= 0.3 is 11.9 Å². The van der Waals surface area contributed by atoms with Crippen LogP contribution in [0.2, 0.25) is 0 Å². The summed E-state index contributed by atoms with van der Waals surface area (Å²) in [5, 5.41) is 0. The van der Waals surface area contributed by atoms with Crippen LogP contribution < -0.4 is 18.9 Å². The molecular formula is C31H36O6. The average Bonchev–Trinajstić information content (AvgIpc) is 2.93. The number of benzene rings is 3. The average molecular weight is 505 g/mol. The fourth-order valence-corrected chi connectivity index (χ4v) is 3.57. The van der Waals surface area contributed by atoms with Gasteiger partial charge in [-0.25, -0.2) is 9.59 Å². The van der Waals surface area contributed by atoms with Gasteiger partial charge < -0.3 is 18.9 Å². The SMILES string of the molecule is CCCCCCCCOc1ccc(OC(=O)c2ccc(OC(=O)c3ccc(OCCC)cc3)cc2)cc1. The highest BCUT2D eigenvalue weighted by Crippen LogP contribution is 2.21. The topological polar surface area (TPSA) is 71.1 Å². The van der Waals surface area contributed by atoms with E-state index >= 15 is 0 Å². The second kappa shape index (κ2) is 15.3. The molecule has 0 aliphatic carbocycles. The fraction of sp³-hybridized carbons (Fsp3) is 0.355. The van der Waals surface area contributed by atoms with Crippen LogP contribution in [0, 0.1) is 0 Å². The molecule has 0 N–H and O–H groups in total. The molecule has 0 aromatic heterocycles. The molecule has 0 aliphatic rings. The third-order valence-electron chi connectivity index (χ3n) is 5.66. The Morgan fingerprint density at radius 1 is 0.486 bits per heavy atom. The minimum atomic E-state index is -0.499. The molecule has 196 valence electrons. The number of carbonyl (C=O) groups is 2. The zero-order valence-corrected chi connectivity index (χ0v) is 21.7. The lowest BCUT2D eigenvalue weighted by Gasteiger charge is -2.09. The van der Waals surface area contributed by atoms with Crippen LogP contribution in [-0.2, 0) is 0 Å². The van der Waals surface area contributed by atoms with Crippen LogP contribution in [-0.4, -0.2) is 25.2 Å². The van der Waals surface area contributed by atoms with Crippen LogP contribution in [0.1, 0.15) is 79.5 Å². The first kappa shape index (κ1) is 27.8. The van der Waals surface area contributed by atoms with E-state index in [4.69, 9.17) is 18.9 Å². The predicted molar refractivity (Wildman–Crippen MR) is 144 cm³/mol. The molecule has 0 radical (unpaired) electrons. The van der Waals surface area contributed by atoms with Crippen molar-refractivity contribution in [1.82, 2.24) is 0 Å². The van der Waals surface area contributed by atoms with E-state index in [1.807, 2.05) is 6.92 Å². The number of ether oxygens (including phenoxy) is 4. The Kier molecular flexibility index (Phi) is 11.5. The van der Waals surface area contributed by atoms with Gasteiger partial charge in [-0.1, -0.05) is 46.0 Å². The van der Waals surface area contributed by atoms with Gasteiger partial charge in [0.25, 0.3) is 0 Å². The van der Waals surface area contributed by atoms with E-state index in [1.165, 1.54) is 32.1 Å². The van der Waals surface area contributed by atoms with Crippen molar-refractivity contribution in [1.29, 1.82) is 0 Å². The van der Waals surface area contributed by atoms with Gasteiger partial charge in [-0.05, 0) is 85.6 Å². The molecule has 0 heterocycles. The van der Waals surface area contributed by atoms with E-state index in [1.54, 1.807) is 72.8 Å². The van der Waals surface area contributed by atoms with Crippen molar-refractivity contribution in [3.05, 3.63) is 83.9 Å². The summed E-state index contributed by atoms with van der Waals surface area (Å²) in [6.07, 6.45) is 8.20. The summed E-state index contributed by atoms with van der Waals surface area (Å²) >= 11 is 0. The van der Waals surface area contributed by atoms with Crippen LogP contribution in [0.15, 0.2) is 72.8 Å².